The monoisotopic (exact) mass is 404 g/mol. The minimum Gasteiger partial charge on any atom is -0.458 e. The van der Waals surface area contributed by atoms with E-state index < -0.39 is 52.3 Å². The highest BCUT2D eigenvalue weighted by atomic mass is 16.7. The van der Waals surface area contributed by atoms with Crippen LogP contribution in [0.5, 0.6) is 0 Å². The average molecular weight is 404 g/mol. The molecular formula is C22H28O7. The van der Waals surface area contributed by atoms with Crippen molar-refractivity contribution >= 4 is 11.9 Å². The minimum absolute atomic E-state index is 0.0278. The minimum atomic E-state index is -1.49. The van der Waals surface area contributed by atoms with Crippen LogP contribution in [-0.4, -0.2) is 58.8 Å². The van der Waals surface area contributed by atoms with Gasteiger partial charge in [-0.15, -0.1) is 0 Å². The van der Waals surface area contributed by atoms with Crippen LogP contribution < -0.4 is 0 Å². The Morgan fingerprint density at radius 1 is 1.34 bits per heavy atom. The highest BCUT2D eigenvalue weighted by molar-refractivity contribution is 5.92. The quantitative estimate of drug-likeness (QED) is 0.425. The van der Waals surface area contributed by atoms with Crippen LogP contribution in [0.1, 0.15) is 41.0 Å². The molecule has 0 amide bonds. The van der Waals surface area contributed by atoms with Crippen LogP contribution in [0.3, 0.4) is 0 Å². The average Bonchev–Trinajstić information content (AvgIpc) is 3.57. The first kappa shape index (κ1) is 19.3. The Morgan fingerprint density at radius 2 is 2.00 bits per heavy atom. The van der Waals surface area contributed by atoms with Crippen molar-refractivity contribution in [3.63, 3.8) is 0 Å². The number of esters is 2. The van der Waals surface area contributed by atoms with Crippen LogP contribution in [0.25, 0.3) is 0 Å². The fraction of sp³-hybridized carbons (Fsp3) is 0.727. The van der Waals surface area contributed by atoms with Crippen molar-refractivity contribution in [2.75, 3.05) is 6.61 Å². The van der Waals surface area contributed by atoms with E-state index in [1.165, 1.54) is 0 Å². The van der Waals surface area contributed by atoms with E-state index in [9.17, 15) is 14.7 Å². The molecule has 1 spiro atoms. The lowest BCUT2D eigenvalue weighted by Gasteiger charge is -2.50. The molecule has 0 unspecified atom stereocenters. The number of carbonyl (C=O) groups excluding carboxylic acids is 2. The second kappa shape index (κ2) is 5.31. The molecule has 0 bridgehead atoms. The number of hydrogen-bond donors (Lipinski definition) is 1. The number of rotatable bonds is 2. The van der Waals surface area contributed by atoms with Crippen LogP contribution in [0.4, 0.5) is 0 Å². The second-order valence-corrected chi connectivity index (χ2v) is 9.68. The maximum absolute atomic E-state index is 12.6. The van der Waals surface area contributed by atoms with E-state index in [1.54, 1.807) is 19.9 Å². The lowest BCUT2D eigenvalue weighted by molar-refractivity contribution is -0.222. The highest BCUT2D eigenvalue weighted by Gasteiger charge is 2.91. The van der Waals surface area contributed by atoms with Gasteiger partial charge in [0, 0.05) is 23.0 Å². The predicted octanol–water partition coefficient (Wildman–Crippen LogP) is 1.68. The van der Waals surface area contributed by atoms with Crippen LogP contribution in [0.2, 0.25) is 0 Å². The number of carbonyl (C=O) groups is 2. The molecule has 1 N–H and O–H groups in total. The van der Waals surface area contributed by atoms with Gasteiger partial charge >= 0.3 is 11.9 Å². The van der Waals surface area contributed by atoms with Gasteiger partial charge in [-0.25, -0.2) is 9.59 Å². The van der Waals surface area contributed by atoms with Gasteiger partial charge in [-0.3, -0.25) is 0 Å². The van der Waals surface area contributed by atoms with Gasteiger partial charge in [0.1, 0.15) is 29.0 Å². The highest BCUT2D eigenvalue weighted by Crippen LogP contribution is 2.76. The maximum Gasteiger partial charge on any atom is 0.334 e. The molecule has 0 aromatic heterocycles. The summed E-state index contributed by atoms with van der Waals surface area (Å²) in [6.07, 6.45) is 0.304. The number of hydrogen-bond acceptors (Lipinski definition) is 7. The van der Waals surface area contributed by atoms with Crippen molar-refractivity contribution in [1.82, 2.24) is 0 Å². The molecule has 3 aliphatic heterocycles. The Kier molecular flexibility index (Phi) is 3.53. The summed E-state index contributed by atoms with van der Waals surface area (Å²) in [6.45, 7) is 13.7. The summed E-state index contributed by atoms with van der Waals surface area (Å²) >= 11 is 0. The Hall–Kier alpha value is -1.70. The van der Waals surface area contributed by atoms with Crippen molar-refractivity contribution in [3.05, 3.63) is 23.8 Å². The molecule has 7 nitrogen and oxygen atoms in total. The molecule has 2 aliphatic carbocycles. The van der Waals surface area contributed by atoms with Gasteiger partial charge in [0.2, 0.25) is 0 Å². The third-order valence-electron chi connectivity index (χ3n) is 8.79. The normalized spacial score (nSPS) is 55.0. The second-order valence-electron chi connectivity index (χ2n) is 9.68. The third-order valence-corrected chi connectivity index (χ3v) is 8.79. The van der Waals surface area contributed by atoms with Crippen molar-refractivity contribution in [3.8, 4) is 0 Å². The molecule has 3 saturated heterocycles. The Bertz CT molecular complexity index is 872. The fourth-order valence-corrected chi connectivity index (χ4v) is 6.60. The first-order valence-corrected chi connectivity index (χ1v) is 10.3. The number of epoxide rings is 2. The lowest BCUT2D eigenvalue weighted by atomic mass is 9.59. The number of fused-ring (bicyclic) bond motifs is 6. The van der Waals surface area contributed by atoms with E-state index >= 15 is 0 Å². The van der Waals surface area contributed by atoms with Crippen LogP contribution in [-0.2, 0) is 28.5 Å². The molecule has 29 heavy (non-hydrogen) atoms. The topological polar surface area (TPSA) is 97.9 Å². The first-order chi connectivity index (χ1) is 13.5. The van der Waals surface area contributed by atoms with E-state index in [-0.39, 0.29) is 17.6 Å². The summed E-state index contributed by atoms with van der Waals surface area (Å²) in [5.74, 6) is -1.70. The van der Waals surface area contributed by atoms with Crippen molar-refractivity contribution < 1.29 is 33.6 Å². The Labute approximate surface area is 170 Å². The first-order valence-electron chi connectivity index (χ1n) is 10.3. The summed E-state index contributed by atoms with van der Waals surface area (Å²) in [5.41, 5.74) is -3.05. The molecule has 7 heteroatoms. The smallest absolute Gasteiger partial charge is 0.334 e. The van der Waals surface area contributed by atoms with Gasteiger partial charge < -0.3 is 24.1 Å². The SMILES string of the molecule is C=C1C(=O)O[C@H]2[C@H]1[C@H](OC(=O)/C(C)=C\C)C[C@@]1(CO1)[C@]1(C)[C@H](C)[C@H]3O[C@@]3(C)[C@]21O. The summed E-state index contributed by atoms with van der Waals surface area (Å²) in [6, 6.07) is 0. The standard InChI is InChI=1S/C22H28O7/c1-7-10(2)17(23)27-13-8-21(9-26-21)19(5)12(4)15-20(6,29-15)22(19,25)16-14(13)11(3)18(24)28-16/h7,12-16,25H,3,8-9H2,1-2,4-6H3/b10-7-/t12-,13-,14-,15-,16+,19+,20-,21-,22+/m1/s1. The number of allylic oxidation sites excluding steroid dienone is 1. The number of ether oxygens (including phenoxy) is 4. The van der Waals surface area contributed by atoms with Crippen molar-refractivity contribution in [2.24, 2.45) is 17.3 Å². The van der Waals surface area contributed by atoms with E-state index in [0.29, 0.717) is 18.6 Å². The van der Waals surface area contributed by atoms with Crippen LogP contribution in [0, 0.1) is 17.3 Å². The van der Waals surface area contributed by atoms with E-state index in [0.717, 1.165) is 0 Å². The summed E-state index contributed by atoms with van der Waals surface area (Å²) < 4.78 is 23.6. The summed E-state index contributed by atoms with van der Waals surface area (Å²) in [5, 5.41) is 12.3. The van der Waals surface area contributed by atoms with E-state index in [4.69, 9.17) is 18.9 Å². The van der Waals surface area contributed by atoms with Crippen LogP contribution >= 0.6 is 0 Å². The molecule has 3 heterocycles. The fourth-order valence-electron chi connectivity index (χ4n) is 6.60. The van der Waals surface area contributed by atoms with Crippen molar-refractivity contribution in [2.45, 2.75) is 76.2 Å². The summed E-state index contributed by atoms with van der Waals surface area (Å²) in [7, 11) is 0. The molecule has 5 rings (SSSR count). The van der Waals surface area contributed by atoms with Gasteiger partial charge in [-0.2, -0.15) is 0 Å². The van der Waals surface area contributed by atoms with Gasteiger partial charge in [0.15, 0.2) is 0 Å². The van der Waals surface area contributed by atoms with Gasteiger partial charge in [-0.05, 0) is 26.7 Å². The summed E-state index contributed by atoms with van der Waals surface area (Å²) in [4.78, 5) is 25.1. The molecule has 0 aromatic carbocycles. The Morgan fingerprint density at radius 3 is 2.59 bits per heavy atom. The Balaban J connectivity index is 1.66. The van der Waals surface area contributed by atoms with E-state index in [2.05, 4.69) is 6.58 Å². The zero-order valence-electron chi connectivity index (χ0n) is 17.5. The molecule has 9 atom stereocenters. The van der Waals surface area contributed by atoms with Gasteiger partial charge in [0.05, 0.1) is 18.6 Å². The lowest BCUT2D eigenvalue weighted by Crippen LogP contribution is -2.66. The third kappa shape index (κ3) is 1.90. The van der Waals surface area contributed by atoms with Crippen LogP contribution in [0.15, 0.2) is 23.8 Å². The molecule has 5 aliphatic rings. The zero-order chi connectivity index (χ0) is 21.1. The zero-order valence-corrected chi connectivity index (χ0v) is 17.5. The van der Waals surface area contributed by atoms with Crippen molar-refractivity contribution in [1.29, 1.82) is 0 Å². The molecular weight excluding hydrogens is 376 g/mol. The predicted molar refractivity (Wildman–Crippen MR) is 101 cm³/mol. The van der Waals surface area contributed by atoms with E-state index in [1.807, 2.05) is 20.8 Å². The molecule has 5 fully saturated rings. The van der Waals surface area contributed by atoms with Gasteiger partial charge in [-0.1, -0.05) is 26.5 Å². The molecule has 0 radical (unpaired) electrons. The molecule has 0 aromatic rings. The largest absolute Gasteiger partial charge is 0.458 e. The maximum atomic E-state index is 12.6. The molecule has 158 valence electrons. The molecule has 2 saturated carbocycles. The van der Waals surface area contributed by atoms with Gasteiger partial charge in [0.25, 0.3) is 0 Å². The number of aliphatic hydroxyl groups is 1.